The van der Waals surface area contributed by atoms with Crippen molar-refractivity contribution in [1.82, 2.24) is 0 Å². The van der Waals surface area contributed by atoms with E-state index in [1.165, 1.54) is 5.55 Å². The van der Waals surface area contributed by atoms with Crippen LogP contribution in [0.3, 0.4) is 0 Å². The van der Waals surface area contributed by atoms with Crippen molar-refractivity contribution in [2.75, 3.05) is 6.61 Å². The predicted octanol–water partition coefficient (Wildman–Crippen LogP) is 1.20. The van der Waals surface area contributed by atoms with E-state index in [-0.39, 0.29) is 0 Å². The highest BCUT2D eigenvalue weighted by Crippen LogP contribution is 2.20. The lowest BCUT2D eigenvalue weighted by Gasteiger charge is -1.95. The van der Waals surface area contributed by atoms with Gasteiger partial charge in [0.1, 0.15) is 0 Å². The maximum atomic E-state index is 10.1. The van der Waals surface area contributed by atoms with Gasteiger partial charge in [-0.1, -0.05) is 0 Å². The van der Waals surface area contributed by atoms with E-state index in [1.807, 2.05) is 12.2 Å². The van der Waals surface area contributed by atoms with Gasteiger partial charge in [-0.05, 0) is 17.4 Å². The van der Waals surface area contributed by atoms with Gasteiger partial charge in [0.25, 0.3) is 0 Å². The zero-order valence-electron chi connectivity index (χ0n) is 5.53. The molecule has 4 heteroatoms. The smallest absolute Gasteiger partial charge is 0.220 e. The van der Waals surface area contributed by atoms with E-state index in [0.29, 0.717) is 12.5 Å². The van der Waals surface area contributed by atoms with Crippen LogP contribution in [-0.2, 0) is 9.53 Å². The summed E-state index contributed by atoms with van der Waals surface area (Å²) in [5.74, 6) is 0.536. The number of ether oxygens (including phenoxy) is 1. The van der Waals surface area contributed by atoms with Crippen molar-refractivity contribution < 1.29 is 9.53 Å². The molecule has 3 nitrogen and oxygen atoms in total. The van der Waals surface area contributed by atoms with Crippen molar-refractivity contribution in [2.45, 2.75) is 6.92 Å². The molecular formula is C6H7NO2S. The van der Waals surface area contributed by atoms with E-state index in [0.717, 1.165) is 0 Å². The maximum absolute atomic E-state index is 10.1. The van der Waals surface area contributed by atoms with Crippen LogP contribution in [0.25, 0.3) is 0 Å². The van der Waals surface area contributed by atoms with Gasteiger partial charge in [-0.3, -0.25) is 0 Å². The van der Waals surface area contributed by atoms with Crippen LogP contribution in [0.5, 0.6) is 0 Å². The topological polar surface area (TPSA) is 38.7 Å². The molecule has 0 fully saturated rings. The summed E-state index contributed by atoms with van der Waals surface area (Å²) in [5, 5.41) is 3.49. The third-order valence-electron chi connectivity index (χ3n) is 0.910. The third-order valence-corrected chi connectivity index (χ3v) is 1.89. The molecule has 1 rings (SSSR count). The second-order valence-corrected chi connectivity index (χ2v) is 2.94. The van der Waals surface area contributed by atoms with E-state index in [2.05, 4.69) is 4.99 Å². The first-order valence-corrected chi connectivity index (χ1v) is 4.20. The second-order valence-electron chi connectivity index (χ2n) is 1.58. The number of hydrogen-bond acceptors (Lipinski definition) is 3. The Bertz CT molecular complexity index is 238. The lowest BCUT2D eigenvalue weighted by atomic mass is 10.8. The van der Waals surface area contributed by atoms with Crippen LogP contribution in [0.1, 0.15) is 6.92 Å². The van der Waals surface area contributed by atoms with Crippen molar-refractivity contribution >= 4 is 21.3 Å². The monoisotopic (exact) mass is 157 g/mol. The fraction of sp³-hybridized carbons (Fsp3) is 0.333. The second kappa shape index (κ2) is 3.34. The molecule has 1 unspecified atom stereocenters. The number of nitrogens with zero attached hydrogens (tertiary/aromatic N) is 1. The fourth-order valence-electron chi connectivity index (χ4n) is 0.543. The molecule has 0 N–H and O–H groups in total. The molecule has 1 atom stereocenters. The lowest BCUT2D eigenvalue weighted by Crippen LogP contribution is -1.83. The molecule has 0 spiro atoms. The summed E-state index contributed by atoms with van der Waals surface area (Å²) in [7, 11) is -0.550. The Hall–Kier alpha value is -0.860. The van der Waals surface area contributed by atoms with Crippen molar-refractivity contribution in [2.24, 2.45) is 4.99 Å². The highest BCUT2D eigenvalue weighted by molar-refractivity contribution is 8.28. The maximum Gasteiger partial charge on any atom is 0.220 e. The van der Waals surface area contributed by atoms with Crippen LogP contribution in [0.15, 0.2) is 16.3 Å². The van der Waals surface area contributed by atoms with E-state index in [4.69, 9.17) is 4.74 Å². The quantitative estimate of drug-likeness (QED) is 0.565. The molecule has 10 heavy (non-hydrogen) atoms. The van der Waals surface area contributed by atoms with Gasteiger partial charge in [0, 0.05) is 5.41 Å². The first kappa shape index (κ1) is 7.25. The molecule has 0 aromatic carbocycles. The van der Waals surface area contributed by atoms with Crippen LogP contribution in [0, 0.1) is 0 Å². The van der Waals surface area contributed by atoms with Gasteiger partial charge in [-0.2, -0.15) is 0 Å². The Balaban J connectivity index is 2.68. The molecular weight excluding hydrogens is 150 g/mol. The minimum absolute atomic E-state index is 0.536. The molecule has 0 bridgehead atoms. The normalized spacial score (nSPS) is 22.1. The minimum Gasteiger partial charge on any atom is -0.478 e. The molecule has 1 aliphatic rings. The van der Waals surface area contributed by atoms with Gasteiger partial charge in [0.15, 0.2) is 5.23 Å². The van der Waals surface area contributed by atoms with E-state index in [1.54, 1.807) is 5.41 Å². The molecule has 1 aliphatic heterocycles. The molecule has 0 amide bonds. The minimum atomic E-state index is -0.550. The Morgan fingerprint density at radius 3 is 3.20 bits per heavy atom. The summed E-state index contributed by atoms with van der Waals surface area (Å²) in [5.41, 5.74) is 1.54. The third kappa shape index (κ3) is 1.56. The van der Waals surface area contributed by atoms with Crippen molar-refractivity contribution in [1.29, 1.82) is 0 Å². The molecule has 0 aromatic rings. The number of rotatable bonds is 2. The van der Waals surface area contributed by atoms with E-state index >= 15 is 0 Å². The van der Waals surface area contributed by atoms with Crippen molar-refractivity contribution in [3.63, 3.8) is 0 Å². The largest absolute Gasteiger partial charge is 0.478 e. The standard InChI is InChI=1S/C6H7NO2S/c1-2-9-6-3-10(5-8)4-7-6/h3-4H,2H2,1H3. The molecule has 0 saturated carbocycles. The van der Waals surface area contributed by atoms with E-state index < -0.39 is 10.5 Å². The van der Waals surface area contributed by atoms with E-state index in [9.17, 15) is 4.79 Å². The van der Waals surface area contributed by atoms with Crippen LogP contribution in [0.4, 0.5) is 0 Å². The average Bonchev–Trinajstić information content (AvgIpc) is 2.37. The summed E-state index contributed by atoms with van der Waals surface area (Å²) in [6.45, 7) is 2.46. The zero-order valence-corrected chi connectivity index (χ0v) is 6.35. The molecule has 1 heterocycles. The van der Waals surface area contributed by atoms with Gasteiger partial charge in [-0.25, -0.2) is 9.79 Å². The Labute approximate surface area is 61.3 Å². The van der Waals surface area contributed by atoms with Crippen LogP contribution in [-0.4, -0.2) is 17.4 Å². The number of hydrogen-bond donors (Lipinski definition) is 0. The Morgan fingerprint density at radius 2 is 2.70 bits per heavy atom. The molecule has 0 aliphatic carbocycles. The van der Waals surface area contributed by atoms with Gasteiger partial charge in [0.05, 0.1) is 12.2 Å². The van der Waals surface area contributed by atoms with Crippen molar-refractivity contribution in [3.05, 3.63) is 11.3 Å². The summed E-state index contributed by atoms with van der Waals surface area (Å²) < 4.78 is 5.03. The lowest BCUT2D eigenvalue weighted by molar-refractivity contribution is 0.229. The first-order valence-electron chi connectivity index (χ1n) is 2.85. The Morgan fingerprint density at radius 1 is 1.90 bits per heavy atom. The fourth-order valence-corrected chi connectivity index (χ4v) is 1.26. The molecule has 0 radical (unpaired) electrons. The van der Waals surface area contributed by atoms with Crippen LogP contribution >= 0.6 is 10.5 Å². The van der Waals surface area contributed by atoms with Crippen molar-refractivity contribution in [3.8, 4) is 0 Å². The number of aliphatic imine (C=N–C) groups is 1. The summed E-state index contributed by atoms with van der Waals surface area (Å²) in [6.07, 6.45) is 0. The average molecular weight is 157 g/mol. The predicted molar refractivity (Wildman–Crippen MR) is 41.5 cm³/mol. The molecule has 54 valence electrons. The SMILES string of the molecule is CCOC1=CS(=C=O)C=N1. The van der Waals surface area contributed by atoms with Gasteiger partial charge >= 0.3 is 0 Å². The molecule has 0 aromatic heterocycles. The highest BCUT2D eigenvalue weighted by Gasteiger charge is 2.01. The van der Waals surface area contributed by atoms with Gasteiger partial charge in [0.2, 0.25) is 5.88 Å². The van der Waals surface area contributed by atoms with Gasteiger partial charge < -0.3 is 4.74 Å². The van der Waals surface area contributed by atoms with Crippen LogP contribution in [0.2, 0.25) is 0 Å². The first-order chi connectivity index (χ1) is 4.86. The van der Waals surface area contributed by atoms with Gasteiger partial charge in [-0.15, -0.1) is 0 Å². The number of carbonyl (C=O) groups excluding carboxylic acids is 1. The summed E-state index contributed by atoms with van der Waals surface area (Å²) in [4.78, 5) is 13.9. The highest BCUT2D eigenvalue weighted by atomic mass is 32.2. The molecule has 0 saturated heterocycles. The summed E-state index contributed by atoms with van der Waals surface area (Å²) in [6, 6.07) is 0. The Kier molecular flexibility index (Phi) is 2.42. The summed E-state index contributed by atoms with van der Waals surface area (Å²) >= 11 is 0. The zero-order chi connectivity index (χ0) is 7.40. The van der Waals surface area contributed by atoms with Crippen LogP contribution < -0.4 is 0 Å².